The lowest BCUT2D eigenvalue weighted by molar-refractivity contribution is -0.148. The molecule has 1 unspecified atom stereocenters. The van der Waals surface area contributed by atoms with Crippen LogP contribution in [0.3, 0.4) is 0 Å². The van der Waals surface area contributed by atoms with E-state index < -0.39 is 11.4 Å². The number of rotatable bonds is 7. The average molecular weight is 293 g/mol. The molecule has 2 rings (SSSR count). The zero-order chi connectivity index (χ0) is 15.5. The molecule has 1 atom stereocenters. The number of carboxylic acids is 1. The van der Waals surface area contributed by atoms with E-state index in [0.717, 1.165) is 51.0 Å². The molecule has 0 saturated carbocycles. The van der Waals surface area contributed by atoms with E-state index in [9.17, 15) is 9.90 Å². The molecule has 0 radical (unpaired) electrons. The summed E-state index contributed by atoms with van der Waals surface area (Å²) in [6.45, 7) is 9.46. The Hall–Kier alpha value is -1.36. The third-order valence-corrected chi connectivity index (χ3v) is 4.58. The summed E-state index contributed by atoms with van der Waals surface area (Å²) in [6.07, 6.45) is 3.39. The van der Waals surface area contributed by atoms with Crippen LogP contribution in [-0.4, -0.2) is 38.8 Å². The van der Waals surface area contributed by atoms with E-state index in [1.807, 2.05) is 4.68 Å². The van der Waals surface area contributed by atoms with Crippen LogP contribution < -0.4 is 0 Å². The van der Waals surface area contributed by atoms with Gasteiger partial charge in [0.1, 0.15) is 0 Å². The van der Waals surface area contributed by atoms with Crippen molar-refractivity contribution in [2.75, 3.05) is 13.1 Å². The summed E-state index contributed by atoms with van der Waals surface area (Å²) in [6, 6.07) is 2.16. The lowest BCUT2D eigenvalue weighted by Crippen LogP contribution is -2.34. The summed E-state index contributed by atoms with van der Waals surface area (Å²) in [7, 11) is 0. The van der Waals surface area contributed by atoms with Crippen molar-refractivity contribution < 1.29 is 9.90 Å². The number of hydrogen-bond acceptors (Lipinski definition) is 3. The number of likely N-dealkylation sites (tertiary alicyclic amines) is 1. The van der Waals surface area contributed by atoms with E-state index in [-0.39, 0.29) is 0 Å². The smallest absolute Gasteiger partial charge is 0.310 e. The highest BCUT2D eigenvalue weighted by atomic mass is 16.4. The average Bonchev–Trinajstić information content (AvgIpc) is 3.04. The predicted octanol–water partition coefficient (Wildman–Crippen LogP) is 2.54. The third kappa shape index (κ3) is 3.28. The maximum absolute atomic E-state index is 11.6. The molecule has 118 valence electrons. The number of aliphatic carboxylic acids is 1. The topological polar surface area (TPSA) is 58.4 Å². The van der Waals surface area contributed by atoms with Crippen LogP contribution in [0.2, 0.25) is 0 Å². The van der Waals surface area contributed by atoms with Crippen LogP contribution in [-0.2, 0) is 24.3 Å². The molecule has 1 N–H and O–H groups in total. The van der Waals surface area contributed by atoms with Gasteiger partial charge in [0.2, 0.25) is 0 Å². The van der Waals surface area contributed by atoms with Gasteiger partial charge in [0.05, 0.1) is 16.8 Å². The van der Waals surface area contributed by atoms with E-state index in [1.165, 1.54) is 5.69 Å². The molecule has 1 aliphatic heterocycles. The maximum Gasteiger partial charge on any atom is 0.310 e. The minimum absolute atomic E-state index is 0.542. The Bertz CT molecular complexity index is 498. The Kier molecular flexibility index (Phi) is 5.04. The van der Waals surface area contributed by atoms with Crippen molar-refractivity contribution in [3.05, 3.63) is 17.5 Å². The first-order valence-electron chi connectivity index (χ1n) is 8.06. The summed E-state index contributed by atoms with van der Waals surface area (Å²) in [5.41, 5.74) is 1.77. The fraction of sp³-hybridized carbons (Fsp3) is 0.750. The zero-order valence-corrected chi connectivity index (χ0v) is 13.4. The van der Waals surface area contributed by atoms with Crippen LogP contribution in [0.4, 0.5) is 0 Å². The molecular weight excluding hydrogens is 266 g/mol. The molecule has 1 saturated heterocycles. The lowest BCUT2D eigenvalue weighted by Gasteiger charge is -2.24. The summed E-state index contributed by atoms with van der Waals surface area (Å²) < 4.78 is 2.04. The summed E-state index contributed by atoms with van der Waals surface area (Å²) in [4.78, 5) is 13.9. The van der Waals surface area contributed by atoms with E-state index in [0.29, 0.717) is 6.54 Å². The maximum atomic E-state index is 11.6. The highest BCUT2D eigenvalue weighted by Gasteiger charge is 2.43. The van der Waals surface area contributed by atoms with Gasteiger partial charge in [-0.15, -0.1) is 0 Å². The van der Waals surface area contributed by atoms with Crippen LogP contribution in [0.1, 0.15) is 51.4 Å². The number of carboxylic acid groups (broad SMARTS) is 1. The van der Waals surface area contributed by atoms with Gasteiger partial charge in [-0.05, 0) is 38.8 Å². The SMILES string of the molecule is CCCC1(C(=O)O)CCN(Cc2cc(CC)nn2CC)C1. The molecule has 5 nitrogen and oxygen atoms in total. The quantitative estimate of drug-likeness (QED) is 0.839. The highest BCUT2D eigenvalue weighted by molar-refractivity contribution is 5.75. The van der Waals surface area contributed by atoms with Gasteiger partial charge in [0, 0.05) is 19.6 Å². The zero-order valence-electron chi connectivity index (χ0n) is 13.4. The molecule has 1 aliphatic rings. The largest absolute Gasteiger partial charge is 0.481 e. The van der Waals surface area contributed by atoms with Gasteiger partial charge >= 0.3 is 5.97 Å². The van der Waals surface area contributed by atoms with Crippen molar-refractivity contribution in [2.45, 2.75) is 59.5 Å². The molecule has 1 fully saturated rings. The summed E-state index contributed by atoms with van der Waals surface area (Å²) >= 11 is 0. The molecule has 2 heterocycles. The van der Waals surface area contributed by atoms with Crippen LogP contribution in [0.25, 0.3) is 0 Å². The van der Waals surface area contributed by atoms with Gasteiger partial charge in [-0.1, -0.05) is 20.3 Å². The normalized spacial score (nSPS) is 22.8. The number of carbonyl (C=O) groups is 1. The van der Waals surface area contributed by atoms with Gasteiger partial charge in [-0.3, -0.25) is 14.4 Å². The van der Waals surface area contributed by atoms with Gasteiger partial charge in [-0.25, -0.2) is 0 Å². The monoisotopic (exact) mass is 293 g/mol. The molecule has 5 heteroatoms. The van der Waals surface area contributed by atoms with Gasteiger partial charge in [0.25, 0.3) is 0 Å². The Balaban J connectivity index is 2.08. The van der Waals surface area contributed by atoms with Gasteiger partial charge in [0.15, 0.2) is 0 Å². The van der Waals surface area contributed by atoms with Crippen molar-refractivity contribution in [2.24, 2.45) is 5.41 Å². The fourth-order valence-corrected chi connectivity index (χ4v) is 3.38. The summed E-state index contributed by atoms with van der Waals surface area (Å²) in [5, 5.41) is 14.1. The second-order valence-electron chi connectivity index (χ2n) is 6.09. The van der Waals surface area contributed by atoms with Gasteiger partial charge in [-0.2, -0.15) is 5.10 Å². The number of aromatic nitrogens is 2. The molecule has 0 aliphatic carbocycles. The van der Waals surface area contributed by atoms with Crippen molar-refractivity contribution in [1.29, 1.82) is 0 Å². The Morgan fingerprint density at radius 3 is 2.76 bits per heavy atom. The molecular formula is C16H27N3O2. The second-order valence-corrected chi connectivity index (χ2v) is 6.09. The highest BCUT2D eigenvalue weighted by Crippen LogP contribution is 2.36. The van der Waals surface area contributed by atoms with Crippen molar-refractivity contribution >= 4 is 5.97 Å². The lowest BCUT2D eigenvalue weighted by atomic mass is 9.83. The standard InChI is InChI=1S/C16H27N3O2/c1-4-7-16(15(20)21)8-9-18(12-16)11-14-10-13(5-2)17-19(14)6-3/h10H,4-9,11-12H2,1-3H3,(H,20,21). The van der Waals surface area contributed by atoms with Gasteiger partial charge < -0.3 is 5.11 Å². The van der Waals surface area contributed by atoms with Crippen molar-refractivity contribution in [3.63, 3.8) is 0 Å². The first-order valence-corrected chi connectivity index (χ1v) is 8.06. The third-order valence-electron chi connectivity index (χ3n) is 4.58. The first kappa shape index (κ1) is 16.0. The minimum Gasteiger partial charge on any atom is -0.481 e. The Labute approximate surface area is 126 Å². The van der Waals surface area contributed by atoms with E-state index in [1.54, 1.807) is 0 Å². The van der Waals surface area contributed by atoms with Crippen LogP contribution in [0, 0.1) is 5.41 Å². The number of nitrogens with zero attached hydrogens (tertiary/aromatic N) is 3. The van der Waals surface area contributed by atoms with Crippen molar-refractivity contribution in [3.8, 4) is 0 Å². The molecule has 0 amide bonds. The summed E-state index contributed by atoms with van der Waals surface area (Å²) in [5.74, 6) is -0.634. The van der Waals surface area contributed by atoms with Crippen LogP contribution in [0.5, 0.6) is 0 Å². The first-order chi connectivity index (χ1) is 10.0. The van der Waals surface area contributed by atoms with E-state index in [2.05, 4.69) is 36.8 Å². The second kappa shape index (κ2) is 6.60. The predicted molar refractivity (Wildman–Crippen MR) is 82.1 cm³/mol. The minimum atomic E-state index is -0.634. The Morgan fingerprint density at radius 2 is 2.19 bits per heavy atom. The van der Waals surface area contributed by atoms with Crippen molar-refractivity contribution in [1.82, 2.24) is 14.7 Å². The number of aryl methyl sites for hydroxylation is 2. The molecule has 0 bridgehead atoms. The molecule has 1 aromatic heterocycles. The van der Waals surface area contributed by atoms with E-state index >= 15 is 0 Å². The van der Waals surface area contributed by atoms with Crippen LogP contribution in [0.15, 0.2) is 6.07 Å². The Morgan fingerprint density at radius 1 is 1.43 bits per heavy atom. The molecule has 1 aromatic rings. The van der Waals surface area contributed by atoms with Crippen LogP contribution >= 0.6 is 0 Å². The fourth-order valence-electron chi connectivity index (χ4n) is 3.38. The number of hydrogen-bond donors (Lipinski definition) is 1. The molecule has 0 aromatic carbocycles. The molecule has 21 heavy (non-hydrogen) atoms. The molecule has 0 spiro atoms. The van der Waals surface area contributed by atoms with E-state index in [4.69, 9.17) is 0 Å².